The molecule has 0 unspecified atom stereocenters. The number of rotatable bonds is 8. The maximum atomic E-state index is 13.3. The number of phenolic OH excluding ortho intramolecular Hbond substituents is 1. The third kappa shape index (κ3) is 6.15. The zero-order valence-electron chi connectivity index (χ0n) is 20.8. The number of benzene rings is 4. The molecular formula is C27H23Cl2N3O6S. The first-order valence-corrected chi connectivity index (χ1v) is 13.9. The van der Waals surface area contributed by atoms with Crippen LogP contribution in [0.4, 0.5) is 17.1 Å². The van der Waals surface area contributed by atoms with Gasteiger partial charge in [0.25, 0.3) is 16.0 Å². The van der Waals surface area contributed by atoms with Gasteiger partial charge in [-0.15, -0.1) is 5.11 Å². The predicted octanol–water partition coefficient (Wildman–Crippen LogP) is 7.73. The summed E-state index contributed by atoms with van der Waals surface area (Å²) in [7, 11) is -4.63. The molecule has 4 aromatic carbocycles. The lowest BCUT2D eigenvalue weighted by Crippen LogP contribution is -2.13. The van der Waals surface area contributed by atoms with Gasteiger partial charge >= 0.3 is 0 Å². The average Bonchev–Trinajstić information content (AvgIpc) is 2.89. The molecule has 1 amide bonds. The van der Waals surface area contributed by atoms with Gasteiger partial charge in [0, 0.05) is 10.4 Å². The Morgan fingerprint density at radius 1 is 1.03 bits per heavy atom. The minimum absolute atomic E-state index is 0.0178. The van der Waals surface area contributed by atoms with Crippen LogP contribution in [0.15, 0.2) is 75.8 Å². The van der Waals surface area contributed by atoms with Crippen molar-refractivity contribution in [3.8, 4) is 11.5 Å². The molecule has 39 heavy (non-hydrogen) atoms. The Balaban J connectivity index is 1.81. The Hall–Kier alpha value is -3.70. The zero-order chi connectivity index (χ0) is 28.3. The van der Waals surface area contributed by atoms with Gasteiger partial charge < -0.3 is 15.2 Å². The van der Waals surface area contributed by atoms with Crippen molar-refractivity contribution < 1.29 is 27.6 Å². The Morgan fingerprint density at radius 3 is 2.46 bits per heavy atom. The van der Waals surface area contributed by atoms with Gasteiger partial charge in [0.2, 0.25) is 0 Å². The molecule has 0 aromatic heterocycles. The lowest BCUT2D eigenvalue weighted by Gasteiger charge is -2.14. The number of anilines is 1. The molecule has 0 heterocycles. The molecule has 0 aliphatic carbocycles. The fourth-order valence-electron chi connectivity index (χ4n) is 3.91. The molecule has 0 saturated heterocycles. The molecule has 0 bridgehead atoms. The summed E-state index contributed by atoms with van der Waals surface area (Å²) >= 11 is 12.2. The van der Waals surface area contributed by atoms with Gasteiger partial charge in [-0.25, -0.2) is 0 Å². The fraction of sp³-hybridized carbons (Fsp3) is 0.148. The standard InChI is InChI=1S/C27H23Cl2N3O6S/c1-3-15-11-18(14-23(24(15)29)39(35,36)37)31-32-25-19-8-6-5-7-16(19)12-20(26(25)33)27(34)30-21-13-17(28)9-10-22(21)38-4-2/h5-14,33H,3-4H2,1-2H3,(H,30,34)(H,35,36,37). The molecule has 0 aliphatic heterocycles. The maximum absolute atomic E-state index is 13.3. The summed E-state index contributed by atoms with van der Waals surface area (Å²) in [4.78, 5) is 12.8. The molecule has 0 radical (unpaired) electrons. The number of fused-ring (bicyclic) bond motifs is 1. The van der Waals surface area contributed by atoms with Crippen molar-refractivity contribution in [3.63, 3.8) is 0 Å². The minimum atomic E-state index is -4.63. The summed E-state index contributed by atoms with van der Waals surface area (Å²) < 4.78 is 38.8. The number of aromatic hydroxyl groups is 1. The molecule has 9 nitrogen and oxygen atoms in total. The third-order valence-electron chi connectivity index (χ3n) is 5.75. The summed E-state index contributed by atoms with van der Waals surface area (Å²) in [6.45, 7) is 3.92. The second-order valence-electron chi connectivity index (χ2n) is 8.32. The quantitative estimate of drug-likeness (QED) is 0.142. The Kier molecular flexibility index (Phi) is 8.41. The highest BCUT2D eigenvalue weighted by atomic mass is 35.5. The van der Waals surface area contributed by atoms with Crippen LogP contribution >= 0.6 is 23.2 Å². The molecule has 0 spiro atoms. The van der Waals surface area contributed by atoms with Gasteiger partial charge in [-0.3, -0.25) is 9.35 Å². The number of aryl methyl sites for hydroxylation is 1. The SMILES string of the molecule is CCOc1ccc(Cl)cc1NC(=O)c1cc2ccccc2c(N=Nc2cc(CC)c(Cl)c(S(=O)(=O)O)c2)c1O. The van der Waals surface area contributed by atoms with E-state index in [1.165, 1.54) is 18.2 Å². The van der Waals surface area contributed by atoms with E-state index < -0.39 is 26.7 Å². The first-order valence-electron chi connectivity index (χ1n) is 11.7. The van der Waals surface area contributed by atoms with Gasteiger partial charge in [0.05, 0.1) is 28.6 Å². The van der Waals surface area contributed by atoms with Crippen molar-refractivity contribution in [1.82, 2.24) is 0 Å². The van der Waals surface area contributed by atoms with Crippen LogP contribution in [-0.4, -0.2) is 30.6 Å². The Bertz CT molecular complexity index is 1720. The van der Waals surface area contributed by atoms with Crippen molar-refractivity contribution in [2.24, 2.45) is 10.2 Å². The second-order valence-corrected chi connectivity index (χ2v) is 10.5. The summed E-state index contributed by atoms with van der Waals surface area (Å²) in [5, 5.41) is 23.5. The average molecular weight is 588 g/mol. The van der Waals surface area contributed by atoms with E-state index in [2.05, 4.69) is 15.5 Å². The second kappa shape index (κ2) is 11.6. The van der Waals surface area contributed by atoms with Crippen molar-refractivity contribution in [1.29, 1.82) is 0 Å². The summed E-state index contributed by atoms with van der Waals surface area (Å²) in [5.74, 6) is -0.694. The van der Waals surface area contributed by atoms with E-state index in [0.717, 1.165) is 6.07 Å². The number of phenols is 1. The normalized spacial score (nSPS) is 11.7. The number of nitrogens with one attached hydrogen (secondary N) is 1. The van der Waals surface area contributed by atoms with E-state index in [4.69, 9.17) is 27.9 Å². The molecule has 0 atom stereocenters. The Labute approximate surface area is 234 Å². The van der Waals surface area contributed by atoms with Crippen molar-refractivity contribution in [3.05, 3.63) is 81.8 Å². The number of nitrogens with zero attached hydrogens (tertiary/aromatic N) is 2. The molecule has 4 aromatic rings. The van der Waals surface area contributed by atoms with Crippen LogP contribution in [0, 0.1) is 0 Å². The zero-order valence-corrected chi connectivity index (χ0v) is 23.1. The van der Waals surface area contributed by atoms with Gasteiger partial charge in [0.15, 0.2) is 5.75 Å². The van der Waals surface area contributed by atoms with Crippen LogP contribution < -0.4 is 10.1 Å². The van der Waals surface area contributed by atoms with Crippen LogP contribution in [0.3, 0.4) is 0 Å². The highest BCUT2D eigenvalue weighted by Gasteiger charge is 2.21. The molecule has 0 fully saturated rings. The Morgan fingerprint density at radius 2 is 1.77 bits per heavy atom. The predicted molar refractivity (Wildman–Crippen MR) is 151 cm³/mol. The van der Waals surface area contributed by atoms with Crippen LogP contribution in [-0.2, 0) is 16.5 Å². The van der Waals surface area contributed by atoms with Gasteiger partial charge in [-0.2, -0.15) is 13.5 Å². The molecule has 0 aliphatic rings. The molecule has 12 heteroatoms. The number of hydrogen-bond donors (Lipinski definition) is 3. The van der Waals surface area contributed by atoms with E-state index in [1.807, 2.05) is 0 Å². The first-order chi connectivity index (χ1) is 18.5. The number of halogens is 2. The third-order valence-corrected chi connectivity index (χ3v) is 7.42. The van der Waals surface area contributed by atoms with Crippen molar-refractivity contribution in [2.45, 2.75) is 25.2 Å². The molecule has 3 N–H and O–H groups in total. The topological polar surface area (TPSA) is 138 Å². The lowest BCUT2D eigenvalue weighted by molar-refractivity contribution is 0.102. The number of azo groups is 1. The van der Waals surface area contributed by atoms with E-state index in [0.29, 0.717) is 45.8 Å². The van der Waals surface area contributed by atoms with Gasteiger partial charge in [-0.05, 0) is 60.7 Å². The highest BCUT2D eigenvalue weighted by Crippen LogP contribution is 2.41. The molecule has 0 saturated carbocycles. The number of amides is 1. The van der Waals surface area contributed by atoms with Crippen LogP contribution in [0.5, 0.6) is 11.5 Å². The van der Waals surface area contributed by atoms with Gasteiger partial charge in [0.1, 0.15) is 16.3 Å². The molecular weight excluding hydrogens is 565 g/mol. The maximum Gasteiger partial charge on any atom is 0.296 e. The van der Waals surface area contributed by atoms with E-state index in [9.17, 15) is 22.9 Å². The monoisotopic (exact) mass is 587 g/mol. The fourth-order valence-corrected chi connectivity index (χ4v) is 5.25. The minimum Gasteiger partial charge on any atom is -0.505 e. The highest BCUT2D eigenvalue weighted by molar-refractivity contribution is 7.86. The van der Waals surface area contributed by atoms with Crippen molar-refractivity contribution in [2.75, 3.05) is 11.9 Å². The number of carbonyl (C=O) groups excluding carboxylic acids is 1. The largest absolute Gasteiger partial charge is 0.505 e. The van der Waals surface area contributed by atoms with Crippen molar-refractivity contribution >= 4 is 67.1 Å². The van der Waals surface area contributed by atoms with E-state index in [1.54, 1.807) is 50.2 Å². The van der Waals surface area contributed by atoms with Gasteiger partial charge in [-0.1, -0.05) is 54.4 Å². The summed E-state index contributed by atoms with van der Waals surface area (Å²) in [6.07, 6.45) is 0.363. The number of hydrogen-bond acceptors (Lipinski definition) is 7. The van der Waals surface area contributed by atoms with Crippen LogP contribution in [0.2, 0.25) is 10.0 Å². The summed E-state index contributed by atoms with van der Waals surface area (Å²) in [6, 6.07) is 15.8. The van der Waals surface area contributed by atoms with Crippen LogP contribution in [0.25, 0.3) is 10.8 Å². The lowest BCUT2D eigenvalue weighted by atomic mass is 10.0. The van der Waals surface area contributed by atoms with Crippen LogP contribution in [0.1, 0.15) is 29.8 Å². The number of ether oxygens (including phenoxy) is 1. The van der Waals surface area contributed by atoms with E-state index >= 15 is 0 Å². The summed E-state index contributed by atoms with van der Waals surface area (Å²) in [5.41, 5.74) is 0.706. The first kappa shape index (κ1) is 28.3. The van der Waals surface area contributed by atoms with E-state index in [-0.39, 0.29) is 22.0 Å². The molecule has 4 rings (SSSR count). The smallest absolute Gasteiger partial charge is 0.296 e. The molecule has 202 valence electrons. The number of carbonyl (C=O) groups is 1.